The topological polar surface area (TPSA) is 12.5 Å². The van der Waals surface area contributed by atoms with Crippen LogP contribution in [0.1, 0.15) is 37.7 Å². The molecule has 1 saturated carbocycles. The third-order valence-electron chi connectivity index (χ3n) is 4.14. The maximum absolute atomic E-state index is 5.97. The van der Waals surface area contributed by atoms with E-state index in [4.69, 9.17) is 4.74 Å². The fourth-order valence-corrected chi connectivity index (χ4v) is 4.05. The van der Waals surface area contributed by atoms with Crippen LogP contribution < -0.4 is 0 Å². The zero-order chi connectivity index (χ0) is 11.7. The average molecular weight is 295 g/mol. The summed E-state index contributed by atoms with van der Waals surface area (Å²) in [6.45, 7) is 0. The van der Waals surface area contributed by atoms with Crippen LogP contribution in [0.15, 0.2) is 30.3 Å². The number of hydrogen-bond donors (Lipinski definition) is 0. The van der Waals surface area contributed by atoms with Crippen molar-refractivity contribution in [3.05, 3.63) is 35.9 Å². The van der Waals surface area contributed by atoms with Crippen molar-refractivity contribution in [2.75, 3.05) is 0 Å². The smallest absolute Gasteiger partial charge is 0.0998 e. The van der Waals surface area contributed by atoms with Crippen LogP contribution in [0.25, 0.3) is 0 Å². The first-order valence-corrected chi connectivity index (χ1v) is 7.58. The van der Waals surface area contributed by atoms with E-state index in [1.165, 1.54) is 44.1 Å². The van der Waals surface area contributed by atoms with E-state index < -0.39 is 0 Å². The van der Waals surface area contributed by atoms with Crippen LogP contribution in [0.3, 0.4) is 0 Å². The summed E-state index contributed by atoms with van der Waals surface area (Å²) < 4.78 is 5.97. The monoisotopic (exact) mass is 294 g/mol. The molecule has 3 unspecified atom stereocenters. The van der Waals surface area contributed by atoms with Gasteiger partial charge in [-0.25, -0.2) is 0 Å². The Morgan fingerprint density at radius 2 is 2.12 bits per heavy atom. The average Bonchev–Trinajstić information content (AvgIpc) is 3.07. The second kappa shape index (κ2) is 4.74. The second-order valence-electron chi connectivity index (χ2n) is 5.35. The highest BCUT2D eigenvalue weighted by atomic mass is 79.9. The molecule has 1 heterocycles. The molecule has 1 aromatic carbocycles. The molecular formula is C15H19BrO. The molecule has 0 radical (unpaired) electrons. The Morgan fingerprint density at radius 1 is 1.29 bits per heavy atom. The SMILES string of the molecule is BrC1CCCC2(CCCc3ccccc3)OC12. The predicted molar refractivity (Wildman–Crippen MR) is 73.6 cm³/mol. The lowest BCUT2D eigenvalue weighted by atomic mass is 9.85. The largest absolute Gasteiger partial charge is 0.365 e. The van der Waals surface area contributed by atoms with Gasteiger partial charge in [0.25, 0.3) is 0 Å². The summed E-state index contributed by atoms with van der Waals surface area (Å²) in [5.41, 5.74) is 1.70. The summed E-state index contributed by atoms with van der Waals surface area (Å²) in [5, 5.41) is 0. The molecule has 1 aliphatic carbocycles. The van der Waals surface area contributed by atoms with E-state index in [1.807, 2.05) is 0 Å². The molecule has 1 aromatic rings. The lowest BCUT2D eigenvalue weighted by Gasteiger charge is -2.20. The van der Waals surface area contributed by atoms with Gasteiger partial charge in [0.15, 0.2) is 0 Å². The molecule has 0 N–H and O–H groups in total. The van der Waals surface area contributed by atoms with Crippen molar-refractivity contribution in [3.63, 3.8) is 0 Å². The standard InChI is InChI=1S/C15H19BrO/c16-13-9-5-11-15(14(13)17-15)10-4-8-12-6-2-1-3-7-12/h1-3,6-7,13-14H,4-5,8-11H2. The van der Waals surface area contributed by atoms with E-state index >= 15 is 0 Å². The van der Waals surface area contributed by atoms with Crippen molar-refractivity contribution in [2.45, 2.75) is 55.1 Å². The molecule has 2 fully saturated rings. The highest BCUT2D eigenvalue weighted by Gasteiger charge is 2.59. The van der Waals surface area contributed by atoms with Crippen molar-refractivity contribution in [2.24, 2.45) is 0 Å². The molecule has 3 rings (SSSR count). The number of aryl methyl sites for hydroxylation is 1. The number of fused-ring (bicyclic) bond motifs is 1. The summed E-state index contributed by atoms with van der Waals surface area (Å²) in [6.07, 6.45) is 8.05. The summed E-state index contributed by atoms with van der Waals surface area (Å²) in [5.74, 6) is 0. The molecule has 0 bridgehead atoms. The van der Waals surface area contributed by atoms with E-state index in [9.17, 15) is 0 Å². The lowest BCUT2D eigenvalue weighted by Crippen LogP contribution is -2.26. The summed E-state index contributed by atoms with van der Waals surface area (Å²) in [4.78, 5) is 0.605. The Morgan fingerprint density at radius 3 is 2.94 bits per heavy atom. The Balaban J connectivity index is 1.49. The van der Waals surface area contributed by atoms with Crippen LogP contribution in [-0.2, 0) is 11.2 Å². The molecule has 0 aromatic heterocycles. The molecule has 3 atom stereocenters. The van der Waals surface area contributed by atoms with Crippen LogP contribution in [0.5, 0.6) is 0 Å². The number of rotatable bonds is 4. The van der Waals surface area contributed by atoms with Gasteiger partial charge in [-0.1, -0.05) is 46.3 Å². The van der Waals surface area contributed by atoms with Gasteiger partial charge in [-0.15, -0.1) is 0 Å². The first-order chi connectivity index (χ1) is 8.30. The Kier molecular flexibility index (Phi) is 3.27. The maximum atomic E-state index is 5.97. The van der Waals surface area contributed by atoms with Crippen LogP contribution in [0.2, 0.25) is 0 Å². The molecular weight excluding hydrogens is 276 g/mol. The number of halogens is 1. The first-order valence-electron chi connectivity index (χ1n) is 6.66. The van der Waals surface area contributed by atoms with E-state index in [1.54, 1.807) is 0 Å². The van der Waals surface area contributed by atoms with Gasteiger partial charge in [-0.2, -0.15) is 0 Å². The van der Waals surface area contributed by atoms with E-state index in [-0.39, 0.29) is 5.60 Å². The van der Waals surface area contributed by atoms with E-state index in [0.29, 0.717) is 10.9 Å². The zero-order valence-corrected chi connectivity index (χ0v) is 11.7. The Bertz CT molecular complexity index is 378. The normalized spacial score (nSPS) is 35.4. The number of benzene rings is 1. The lowest BCUT2D eigenvalue weighted by molar-refractivity contribution is 0.267. The van der Waals surface area contributed by atoms with Gasteiger partial charge >= 0.3 is 0 Å². The third kappa shape index (κ3) is 2.43. The second-order valence-corrected chi connectivity index (χ2v) is 6.53. The van der Waals surface area contributed by atoms with Crippen molar-refractivity contribution < 1.29 is 4.74 Å². The molecule has 0 amide bonds. The van der Waals surface area contributed by atoms with Gasteiger partial charge in [0.1, 0.15) is 0 Å². The minimum Gasteiger partial charge on any atom is -0.365 e. The quantitative estimate of drug-likeness (QED) is 0.602. The molecule has 0 spiro atoms. The predicted octanol–water partition coefficient (Wildman–Crippen LogP) is 4.09. The van der Waals surface area contributed by atoms with Gasteiger partial charge in [0.05, 0.1) is 11.7 Å². The Hall–Kier alpha value is -0.340. The molecule has 2 heteroatoms. The number of epoxide rings is 1. The highest BCUT2D eigenvalue weighted by molar-refractivity contribution is 9.09. The fraction of sp³-hybridized carbons (Fsp3) is 0.600. The molecule has 17 heavy (non-hydrogen) atoms. The van der Waals surface area contributed by atoms with Crippen LogP contribution >= 0.6 is 15.9 Å². The minimum atomic E-state index is 0.251. The van der Waals surface area contributed by atoms with Gasteiger partial charge < -0.3 is 4.74 Å². The van der Waals surface area contributed by atoms with E-state index in [0.717, 1.165) is 0 Å². The summed E-state index contributed by atoms with van der Waals surface area (Å²) in [7, 11) is 0. The Labute approximate surface area is 112 Å². The van der Waals surface area contributed by atoms with Crippen molar-refractivity contribution in [1.29, 1.82) is 0 Å². The molecule has 1 nitrogen and oxygen atoms in total. The van der Waals surface area contributed by atoms with Crippen LogP contribution in [0.4, 0.5) is 0 Å². The summed E-state index contributed by atoms with van der Waals surface area (Å²) in [6, 6.07) is 10.8. The van der Waals surface area contributed by atoms with E-state index in [2.05, 4.69) is 46.3 Å². The maximum Gasteiger partial charge on any atom is 0.0998 e. The zero-order valence-electron chi connectivity index (χ0n) is 10.1. The van der Waals surface area contributed by atoms with Gasteiger partial charge in [-0.3, -0.25) is 0 Å². The third-order valence-corrected chi connectivity index (χ3v) is 5.08. The molecule has 92 valence electrons. The minimum absolute atomic E-state index is 0.251. The first kappa shape index (κ1) is 11.7. The molecule has 1 saturated heterocycles. The number of ether oxygens (including phenoxy) is 1. The molecule has 2 aliphatic rings. The van der Waals surface area contributed by atoms with Gasteiger partial charge in [-0.05, 0) is 44.1 Å². The number of alkyl halides is 1. The number of hydrogen-bond acceptors (Lipinski definition) is 1. The van der Waals surface area contributed by atoms with Crippen LogP contribution in [-0.4, -0.2) is 16.5 Å². The summed E-state index contributed by atoms with van der Waals surface area (Å²) >= 11 is 3.74. The van der Waals surface area contributed by atoms with Gasteiger partial charge in [0.2, 0.25) is 0 Å². The van der Waals surface area contributed by atoms with Crippen LogP contribution in [0, 0.1) is 0 Å². The fourth-order valence-electron chi connectivity index (χ4n) is 3.13. The van der Waals surface area contributed by atoms with Crippen molar-refractivity contribution in [1.82, 2.24) is 0 Å². The van der Waals surface area contributed by atoms with Crippen molar-refractivity contribution in [3.8, 4) is 0 Å². The van der Waals surface area contributed by atoms with Crippen molar-refractivity contribution >= 4 is 15.9 Å². The highest BCUT2D eigenvalue weighted by Crippen LogP contribution is 2.52. The molecule has 1 aliphatic heterocycles. The van der Waals surface area contributed by atoms with Gasteiger partial charge in [0, 0.05) is 4.83 Å².